The molecule has 0 aliphatic rings. The molecule has 0 aliphatic heterocycles. The Labute approximate surface area is 119 Å². The Morgan fingerprint density at radius 2 is 2.05 bits per heavy atom. The number of methoxy groups -OCH3 is 1. The molecule has 20 heavy (non-hydrogen) atoms. The Bertz CT molecular complexity index is 449. The largest absolute Gasteiger partial charge is 0.496 e. The van der Waals surface area contributed by atoms with Crippen molar-refractivity contribution in [3.05, 3.63) is 29.8 Å². The number of aliphatic carboxylic acids is 1. The van der Waals surface area contributed by atoms with Crippen molar-refractivity contribution < 1.29 is 27.8 Å². The van der Waals surface area contributed by atoms with Crippen LogP contribution in [0.25, 0.3) is 0 Å². The number of hydrogen-bond donors (Lipinski definition) is 1. The quantitative estimate of drug-likeness (QED) is 0.836. The second kappa shape index (κ2) is 7.42. The van der Waals surface area contributed by atoms with Crippen molar-refractivity contribution in [2.45, 2.75) is 18.3 Å². The topological polar surface area (TPSA) is 46.5 Å². The lowest BCUT2D eigenvalue weighted by Gasteiger charge is -2.15. The third-order valence-electron chi connectivity index (χ3n) is 2.74. The van der Waals surface area contributed by atoms with Crippen LogP contribution in [0.15, 0.2) is 24.3 Å². The molecule has 112 valence electrons. The number of carboxylic acid groups (broad SMARTS) is 1. The first-order chi connectivity index (χ1) is 9.33. The van der Waals surface area contributed by atoms with Crippen LogP contribution in [0.2, 0.25) is 0 Å². The molecule has 0 aromatic heterocycles. The zero-order valence-corrected chi connectivity index (χ0v) is 11.6. The fourth-order valence-electron chi connectivity index (χ4n) is 1.77. The summed E-state index contributed by atoms with van der Waals surface area (Å²) in [6, 6.07) is 6.89. The first kappa shape index (κ1) is 16.7. The second-order valence-corrected chi connectivity index (χ2v) is 5.29. The van der Waals surface area contributed by atoms with E-state index in [0.29, 0.717) is 11.3 Å². The molecule has 7 heteroatoms. The molecule has 1 N–H and O–H groups in total. The SMILES string of the molecule is COc1ccccc1CC(CCSC(F)(F)F)C(=O)O. The van der Waals surface area contributed by atoms with Gasteiger partial charge in [0.05, 0.1) is 13.0 Å². The molecule has 1 atom stereocenters. The van der Waals surface area contributed by atoms with Crippen LogP contribution in [-0.2, 0) is 11.2 Å². The molecule has 0 radical (unpaired) electrons. The summed E-state index contributed by atoms with van der Waals surface area (Å²) in [4.78, 5) is 11.1. The molecule has 1 rings (SSSR count). The number of hydrogen-bond acceptors (Lipinski definition) is 3. The summed E-state index contributed by atoms with van der Waals surface area (Å²) >= 11 is -0.195. The molecule has 0 fully saturated rings. The summed E-state index contributed by atoms with van der Waals surface area (Å²) < 4.78 is 41.3. The van der Waals surface area contributed by atoms with Gasteiger partial charge in [-0.2, -0.15) is 13.2 Å². The minimum atomic E-state index is -4.33. The van der Waals surface area contributed by atoms with E-state index in [2.05, 4.69) is 0 Å². The van der Waals surface area contributed by atoms with Crippen LogP contribution in [-0.4, -0.2) is 29.4 Å². The predicted molar refractivity (Wildman–Crippen MR) is 71.0 cm³/mol. The van der Waals surface area contributed by atoms with Crippen LogP contribution in [0, 0.1) is 5.92 Å². The van der Waals surface area contributed by atoms with Gasteiger partial charge in [-0.3, -0.25) is 4.79 Å². The van der Waals surface area contributed by atoms with Gasteiger partial charge >= 0.3 is 11.5 Å². The van der Waals surface area contributed by atoms with E-state index < -0.39 is 17.4 Å². The van der Waals surface area contributed by atoms with Gasteiger partial charge in [0.25, 0.3) is 0 Å². The maximum Gasteiger partial charge on any atom is 0.441 e. The van der Waals surface area contributed by atoms with Crippen molar-refractivity contribution in [3.63, 3.8) is 0 Å². The van der Waals surface area contributed by atoms with E-state index in [9.17, 15) is 18.0 Å². The van der Waals surface area contributed by atoms with Crippen LogP contribution in [0.4, 0.5) is 13.2 Å². The number of carbonyl (C=O) groups is 1. The van der Waals surface area contributed by atoms with E-state index in [0.717, 1.165) is 0 Å². The highest BCUT2D eigenvalue weighted by molar-refractivity contribution is 8.00. The Kier molecular flexibility index (Phi) is 6.19. The predicted octanol–water partition coefficient (Wildman–Crippen LogP) is 3.58. The number of carboxylic acids is 1. The normalized spacial score (nSPS) is 13.0. The van der Waals surface area contributed by atoms with Crippen LogP contribution in [0.3, 0.4) is 0 Å². The average molecular weight is 308 g/mol. The van der Waals surface area contributed by atoms with Crippen molar-refractivity contribution >= 4 is 17.7 Å². The highest BCUT2D eigenvalue weighted by Gasteiger charge is 2.29. The second-order valence-electron chi connectivity index (χ2n) is 4.13. The zero-order valence-electron chi connectivity index (χ0n) is 10.8. The fourth-order valence-corrected chi connectivity index (χ4v) is 2.40. The fraction of sp³-hybridized carbons (Fsp3) is 0.462. The van der Waals surface area contributed by atoms with Gasteiger partial charge in [0.2, 0.25) is 0 Å². The summed E-state index contributed by atoms with van der Waals surface area (Å²) in [6.45, 7) is 0. The van der Waals surface area contributed by atoms with Gasteiger partial charge in [-0.25, -0.2) is 0 Å². The molecular weight excluding hydrogens is 293 g/mol. The number of alkyl halides is 3. The van der Waals surface area contributed by atoms with E-state index >= 15 is 0 Å². The molecular formula is C13H15F3O3S. The summed E-state index contributed by atoms with van der Waals surface area (Å²) in [6.07, 6.45) is 0.106. The van der Waals surface area contributed by atoms with E-state index in [1.54, 1.807) is 24.3 Å². The van der Waals surface area contributed by atoms with Gasteiger partial charge in [0, 0.05) is 5.75 Å². The lowest BCUT2D eigenvalue weighted by atomic mass is 9.96. The third kappa shape index (κ3) is 5.73. The molecule has 0 heterocycles. The van der Waals surface area contributed by atoms with E-state index in [1.165, 1.54) is 7.11 Å². The van der Waals surface area contributed by atoms with E-state index in [-0.39, 0.29) is 30.4 Å². The smallest absolute Gasteiger partial charge is 0.441 e. The van der Waals surface area contributed by atoms with Gasteiger partial charge in [-0.1, -0.05) is 30.0 Å². The van der Waals surface area contributed by atoms with Crippen LogP contribution >= 0.6 is 11.8 Å². The minimum absolute atomic E-state index is 0.0441. The highest BCUT2D eigenvalue weighted by Crippen LogP contribution is 2.32. The maximum absolute atomic E-state index is 12.0. The molecule has 0 bridgehead atoms. The van der Waals surface area contributed by atoms with Gasteiger partial charge < -0.3 is 9.84 Å². The third-order valence-corrected chi connectivity index (χ3v) is 3.51. The zero-order chi connectivity index (χ0) is 15.2. The van der Waals surface area contributed by atoms with Crippen LogP contribution < -0.4 is 4.74 Å². The molecule has 0 spiro atoms. The summed E-state index contributed by atoms with van der Waals surface area (Å²) in [5, 5.41) is 9.10. The summed E-state index contributed by atoms with van der Waals surface area (Å²) in [7, 11) is 1.47. The summed E-state index contributed by atoms with van der Waals surface area (Å²) in [5.41, 5.74) is -3.65. The number of halogens is 3. The highest BCUT2D eigenvalue weighted by atomic mass is 32.2. The molecule has 1 aromatic carbocycles. The minimum Gasteiger partial charge on any atom is -0.496 e. The lowest BCUT2D eigenvalue weighted by Crippen LogP contribution is -2.18. The van der Waals surface area contributed by atoms with Crippen molar-refractivity contribution in [1.82, 2.24) is 0 Å². The number of ether oxygens (including phenoxy) is 1. The van der Waals surface area contributed by atoms with Crippen LogP contribution in [0.5, 0.6) is 5.75 Å². The van der Waals surface area contributed by atoms with E-state index in [1.807, 2.05) is 0 Å². The first-order valence-corrected chi connectivity index (χ1v) is 6.87. The molecule has 0 saturated carbocycles. The van der Waals surface area contributed by atoms with Crippen molar-refractivity contribution in [2.75, 3.05) is 12.9 Å². The number of rotatable bonds is 7. The van der Waals surface area contributed by atoms with Gasteiger partial charge in [-0.05, 0) is 24.5 Å². The van der Waals surface area contributed by atoms with Crippen molar-refractivity contribution in [1.29, 1.82) is 0 Å². The Balaban J connectivity index is 2.65. The molecule has 0 saturated heterocycles. The molecule has 3 nitrogen and oxygen atoms in total. The number of para-hydroxylation sites is 1. The van der Waals surface area contributed by atoms with Crippen molar-refractivity contribution in [2.24, 2.45) is 5.92 Å². The molecule has 1 unspecified atom stereocenters. The van der Waals surface area contributed by atoms with Crippen molar-refractivity contribution in [3.8, 4) is 5.75 Å². The Morgan fingerprint density at radius 3 is 2.60 bits per heavy atom. The number of thioether (sulfide) groups is 1. The lowest BCUT2D eigenvalue weighted by molar-refractivity contribution is -0.141. The van der Waals surface area contributed by atoms with Gasteiger partial charge in [-0.15, -0.1) is 0 Å². The summed E-state index contributed by atoms with van der Waals surface area (Å²) in [5.74, 6) is -1.68. The van der Waals surface area contributed by atoms with Crippen LogP contribution in [0.1, 0.15) is 12.0 Å². The Morgan fingerprint density at radius 1 is 1.40 bits per heavy atom. The molecule has 0 amide bonds. The monoisotopic (exact) mass is 308 g/mol. The Hall–Kier alpha value is -1.37. The maximum atomic E-state index is 12.0. The van der Waals surface area contributed by atoms with E-state index in [4.69, 9.17) is 9.84 Å². The van der Waals surface area contributed by atoms with Gasteiger partial charge in [0.15, 0.2) is 0 Å². The molecule has 0 aliphatic carbocycles. The standard InChI is InChI=1S/C13H15F3O3S/c1-19-11-5-3-2-4-9(11)8-10(12(17)18)6-7-20-13(14,15)16/h2-5,10H,6-8H2,1H3,(H,17,18). The molecule has 1 aromatic rings. The first-order valence-electron chi connectivity index (χ1n) is 5.89. The van der Waals surface area contributed by atoms with Gasteiger partial charge in [0.1, 0.15) is 5.75 Å². The average Bonchev–Trinajstić information content (AvgIpc) is 2.36. The number of benzene rings is 1.